The zero-order valence-corrected chi connectivity index (χ0v) is 28.0. The zero-order chi connectivity index (χ0) is 32.3. The van der Waals surface area contributed by atoms with Gasteiger partial charge in [-0.15, -0.1) is 5.39 Å². The SMILES string of the molecule is [2H]C([2H])(c1[c-]c(-n2[c-][n+](-c3ccc(C(C)(C)C)cc3)c3ccccc32)ccc1)c1[c-]c2c(cc1)c1ccccc1n2-c1ccccn1.[Pt]. The molecule has 8 aromatic rings. The third-order valence-electron chi connectivity index (χ3n) is 8.31. The minimum absolute atomic E-state index is 0. The molecule has 0 saturated carbocycles. The van der Waals surface area contributed by atoms with Crippen LogP contribution in [0.15, 0.2) is 128 Å². The number of nitrogens with zero attached hydrogens (tertiary/aromatic N) is 4. The molecule has 5 heteroatoms. The molecule has 46 heavy (non-hydrogen) atoms. The van der Waals surface area contributed by atoms with Gasteiger partial charge in [0.15, 0.2) is 0 Å². The van der Waals surface area contributed by atoms with Crippen molar-refractivity contribution < 1.29 is 28.4 Å². The molecule has 0 aliphatic heterocycles. The number of rotatable bonds is 5. The van der Waals surface area contributed by atoms with E-state index in [1.807, 2.05) is 71.3 Å². The van der Waals surface area contributed by atoms with Gasteiger partial charge in [-0.25, -0.2) is 4.98 Å². The van der Waals surface area contributed by atoms with E-state index in [0.29, 0.717) is 16.8 Å². The molecule has 8 rings (SSSR count). The molecule has 5 aromatic carbocycles. The van der Waals surface area contributed by atoms with Crippen LogP contribution in [0.25, 0.3) is 50.0 Å². The molecule has 0 atom stereocenters. The van der Waals surface area contributed by atoms with Crippen LogP contribution in [0, 0.1) is 18.5 Å². The van der Waals surface area contributed by atoms with E-state index in [9.17, 15) is 2.74 Å². The average Bonchev–Trinajstić information content (AvgIpc) is 3.65. The van der Waals surface area contributed by atoms with E-state index in [0.717, 1.165) is 44.3 Å². The fourth-order valence-electron chi connectivity index (χ4n) is 6.04. The van der Waals surface area contributed by atoms with Gasteiger partial charge >= 0.3 is 0 Å². The fraction of sp³-hybridized carbons (Fsp3) is 0.122. The van der Waals surface area contributed by atoms with E-state index < -0.39 is 6.37 Å². The van der Waals surface area contributed by atoms with Gasteiger partial charge in [-0.3, -0.25) is 4.57 Å². The summed E-state index contributed by atoms with van der Waals surface area (Å²) in [6.45, 7) is 6.64. The number of benzene rings is 5. The average molecular weight is 778 g/mol. The largest absolute Gasteiger partial charge is 0.319 e. The molecule has 0 aliphatic carbocycles. The Kier molecular flexibility index (Phi) is 7.09. The predicted molar refractivity (Wildman–Crippen MR) is 181 cm³/mol. The van der Waals surface area contributed by atoms with Gasteiger partial charge in [0.25, 0.3) is 6.33 Å². The normalized spacial score (nSPS) is 12.7. The minimum Gasteiger partial charge on any atom is -0.319 e. The molecular formula is C41H32N4Pt-2. The second-order valence-electron chi connectivity index (χ2n) is 12.3. The van der Waals surface area contributed by atoms with Crippen LogP contribution in [0.2, 0.25) is 0 Å². The Bertz CT molecular complexity index is 2420. The number of fused-ring (bicyclic) bond motifs is 4. The van der Waals surface area contributed by atoms with E-state index in [1.54, 1.807) is 12.3 Å². The summed E-state index contributed by atoms with van der Waals surface area (Å²) < 4.78 is 24.8. The van der Waals surface area contributed by atoms with Crippen LogP contribution in [0.5, 0.6) is 0 Å². The Hall–Kier alpha value is -4.79. The van der Waals surface area contributed by atoms with Crippen LogP contribution in [-0.2, 0) is 32.9 Å². The molecule has 3 heterocycles. The van der Waals surface area contributed by atoms with E-state index in [-0.39, 0.29) is 26.5 Å². The first kappa shape index (κ1) is 27.5. The topological polar surface area (TPSA) is 26.6 Å². The molecule has 0 spiro atoms. The molecule has 228 valence electrons. The molecule has 0 radical (unpaired) electrons. The van der Waals surface area contributed by atoms with Gasteiger partial charge in [-0.05, 0) is 58.8 Å². The second-order valence-corrected chi connectivity index (χ2v) is 12.3. The maximum absolute atomic E-state index is 9.38. The number of para-hydroxylation sites is 3. The molecule has 3 aromatic heterocycles. The molecule has 0 bridgehead atoms. The number of imidazole rings is 1. The summed E-state index contributed by atoms with van der Waals surface area (Å²) in [4.78, 5) is 4.62. The van der Waals surface area contributed by atoms with Crippen LogP contribution in [-0.4, -0.2) is 14.1 Å². The summed E-state index contributed by atoms with van der Waals surface area (Å²) >= 11 is 0. The van der Waals surface area contributed by atoms with Crippen molar-refractivity contribution in [2.45, 2.75) is 32.6 Å². The minimum atomic E-state index is -1.88. The van der Waals surface area contributed by atoms with Crippen LogP contribution in [0.1, 0.15) is 40.2 Å². The first-order valence-electron chi connectivity index (χ1n) is 16.2. The van der Waals surface area contributed by atoms with Crippen molar-refractivity contribution in [3.05, 3.63) is 163 Å². The first-order valence-corrected chi connectivity index (χ1v) is 15.2. The van der Waals surface area contributed by atoms with Crippen molar-refractivity contribution >= 4 is 32.8 Å². The Morgan fingerprint density at radius 2 is 1.46 bits per heavy atom. The first-order chi connectivity index (χ1) is 22.7. The van der Waals surface area contributed by atoms with Crippen molar-refractivity contribution in [1.82, 2.24) is 14.1 Å². The molecule has 0 saturated heterocycles. The van der Waals surface area contributed by atoms with Gasteiger partial charge in [0, 0.05) is 35.5 Å². The summed E-state index contributed by atoms with van der Waals surface area (Å²) in [7, 11) is 0. The maximum Gasteiger partial charge on any atom is 0.268 e. The van der Waals surface area contributed by atoms with Crippen LogP contribution >= 0.6 is 0 Å². The van der Waals surface area contributed by atoms with E-state index in [1.165, 1.54) is 5.56 Å². The van der Waals surface area contributed by atoms with Gasteiger partial charge in [0.1, 0.15) is 5.82 Å². The quantitative estimate of drug-likeness (QED) is 0.127. The van der Waals surface area contributed by atoms with Crippen molar-refractivity contribution in [2.75, 3.05) is 0 Å². The molecule has 0 aliphatic rings. The molecular weight excluding hydrogens is 744 g/mol. The summed E-state index contributed by atoms with van der Waals surface area (Å²) in [6.07, 6.45) is 3.42. The van der Waals surface area contributed by atoms with E-state index in [4.69, 9.17) is 0 Å². The molecule has 0 amide bonds. The van der Waals surface area contributed by atoms with E-state index >= 15 is 0 Å². The maximum atomic E-state index is 9.38. The fourth-order valence-corrected chi connectivity index (χ4v) is 6.04. The molecule has 0 unspecified atom stereocenters. The Morgan fingerprint density at radius 1 is 0.717 bits per heavy atom. The van der Waals surface area contributed by atoms with Crippen molar-refractivity contribution in [2.24, 2.45) is 0 Å². The summed E-state index contributed by atoms with van der Waals surface area (Å²) in [5.74, 6) is 0.762. The molecule has 4 nitrogen and oxygen atoms in total. The monoisotopic (exact) mass is 777 g/mol. The smallest absolute Gasteiger partial charge is 0.268 e. The van der Waals surface area contributed by atoms with Gasteiger partial charge in [-0.2, -0.15) is 53.6 Å². The Labute approximate surface area is 286 Å². The Balaban J connectivity index is 0.00000364. The van der Waals surface area contributed by atoms with Gasteiger partial charge in [0.2, 0.25) is 0 Å². The van der Waals surface area contributed by atoms with Gasteiger partial charge < -0.3 is 9.13 Å². The summed E-state index contributed by atoms with van der Waals surface area (Å²) in [5, 5.41) is 2.07. The van der Waals surface area contributed by atoms with Crippen LogP contribution < -0.4 is 4.57 Å². The third kappa shape index (κ3) is 5.27. The van der Waals surface area contributed by atoms with Crippen molar-refractivity contribution in [3.63, 3.8) is 0 Å². The zero-order valence-electron chi connectivity index (χ0n) is 27.7. The summed E-state index contributed by atoms with van der Waals surface area (Å²) in [5.41, 5.74) is 7.61. The number of hydrogen-bond acceptors (Lipinski definition) is 1. The number of aromatic nitrogens is 4. The third-order valence-corrected chi connectivity index (χ3v) is 8.31. The number of hydrogen-bond donors (Lipinski definition) is 0. The van der Waals surface area contributed by atoms with E-state index in [2.05, 4.69) is 102 Å². The molecule has 0 fully saturated rings. The molecule has 0 N–H and O–H groups in total. The summed E-state index contributed by atoms with van der Waals surface area (Å²) in [6, 6.07) is 47.1. The van der Waals surface area contributed by atoms with Crippen molar-refractivity contribution in [3.8, 4) is 17.2 Å². The standard InChI is InChI=1S/C41H32N4.Pt/c1-41(2,3)31-19-21-32(22-20-31)43-28-44(38-16-7-6-15-37(38)43)33-12-10-11-29(26-33)25-30-18-23-35-34-13-4-5-14-36(34)45(39(35)27-30)40-17-8-9-24-42-40;/h4-24H,25H2,1-3H3;/q-2;/i25D2;. The predicted octanol–water partition coefficient (Wildman–Crippen LogP) is 8.69. The second kappa shape index (κ2) is 11.9. The van der Waals surface area contributed by atoms with Crippen molar-refractivity contribution in [1.29, 1.82) is 0 Å². The van der Waals surface area contributed by atoms with Gasteiger partial charge in [-0.1, -0.05) is 87.0 Å². The Morgan fingerprint density at radius 3 is 2.24 bits per heavy atom. The number of pyridine rings is 1. The van der Waals surface area contributed by atoms with Gasteiger partial charge in [0.05, 0.1) is 16.7 Å². The van der Waals surface area contributed by atoms with Crippen LogP contribution in [0.3, 0.4) is 0 Å². The van der Waals surface area contributed by atoms with Crippen LogP contribution in [0.4, 0.5) is 0 Å².